The Bertz CT molecular complexity index is 855. The number of aromatic nitrogens is 1. The minimum atomic E-state index is -3.50. The lowest BCUT2D eigenvalue weighted by molar-refractivity contribution is 0.520. The van der Waals surface area contributed by atoms with Crippen LogP contribution < -0.4 is 10.6 Å². The highest BCUT2D eigenvalue weighted by molar-refractivity contribution is 7.89. The third kappa shape index (κ3) is 3.51. The van der Waals surface area contributed by atoms with E-state index in [0.29, 0.717) is 18.9 Å². The van der Waals surface area contributed by atoms with Gasteiger partial charge in [0.05, 0.1) is 0 Å². The maximum absolute atomic E-state index is 13.5. The average Bonchev–Trinajstić information content (AvgIpc) is 2.96. The lowest BCUT2D eigenvalue weighted by Gasteiger charge is -2.18. The van der Waals surface area contributed by atoms with Gasteiger partial charge in [0.1, 0.15) is 16.5 Å². The van der Waals surface area contributed by atoms with Crippen molar-refractivity contribution in [2.75, 3.05) is 32.1 Å². The fourth-order valence-electron chi connectivity index (χ4n) is 3.03. The van der Waals surface area contributed by atoms with Gasteiger partial charge in [-0.05, 0) is 29.8 Å². The number of hydrogen-bond donors (Lipinski definition) is 1. The molecule has 2 aromatic rings. The van der Waals surface area contributed by atoms with Gasteiger partial charge in [-0.1, -0.05) is 12.1 Å². The van der Waals surface area contributed by atoms with Gasteiger partial charge in [-0.15, -0.1) is 0 Å². The summed E-state index contributed by atoms with van der Waals surface area (Å²) in [7, 11) is -0.544. The first-order valence-corrected chi connectivity index (χ1v) is 9.37. The topological polar surface area (TPSA) is 79.5 Å². The van der Waals surface area contributed by atoms with E-state index in [2.05, 4.69) is 4.98 Å². The third-order valence-corrected chi connectivity index (χ3v) is 6.26. The molecule has 3 rings (SSSR count). The van der Waals surface area contributed by atoms with E-state index in [1.165, 1.54) is 32.4 Å². The quantitative estimate of drug-likeness (QED) is 0.887. The third-order valence-electron chi connectivity index (χ3n) is 4.47. The molecule has 2 heterocycles. The molecule has 1 saturated heterocycles. The minimum absolute atomic E-state index is 0.00249. The summed E-state index contributed by atoms with van der Waals surface area (Å²) >= 11 is 0. The van der Waals surface area contributed by atoms with E-state index >= 15 is 0 Å². The van der Waals surface area contributed by atoms with Crippen LogP contribution in [0.4, 0.5) is 10.2 Å². The van der Waals surface area contributed by atoms with E-state index in [1.54, 1.807) is 18.2 Å². The summed E-state index contributed by atoms with van der Waals surface area (Å²) in [5.41, 5.74) is 7.10. The van der Waals surface area contributed by atoms with Crippen molar-refractivity contribution in [2.24, 2.45) is 5.73 Å². The molecule has 25 heavy (non-hydrogen) atoms. The van der Waals surface area contributed by atoms with E-state index in [1.807, 2.05) is 11.0 Å². The Morgan fingerprint density at radius 2 is 2.00 bits per heavy atom. The van der Waals surface area contributed by atoms with Gasteiger partial charge in [0, 0.05) is 45.3 Å². The number of anilines is 1. The number of rotatable bonds is 4. The largest absolute Gasteiger partial charge is 0.354 e. The molecule has 134 valence electrons. The van der Waals surface area contributed by atoms with Crippen molar-refractivity contribution in [1.82, 2.24) is 9.29 Å². The Hall–Kier alpha value is -2.03. The van der Waals surface area contributed by atoms with Crippen LogP contribution in [0, 0.1) is 5.82 Å². The van der Waals surface area contributed by atoms with Crippen molar-refractivity contribution >= 4 is 15.8 Å². The zero-order valence-corrected chi connectivity index (χ0v) is 14.9. The highest BCUT2D eigenvalue weighted by atomic mass is 32.2. The van der Waals surface area contributed by atoms with Crippen LogP contribution in [0.5, 0.6) is 0 Å². The van der Waals surface area contributed by atoms with Gasteiger partial charge in [0.15, 0.2) is 0 Å². The first kappa shape index (κ1) is 17.8. The number of sulfonamides is 1. The predicted octanol–water partition coefficient (Wildman–Crippen LogP) is 1.40. The van der Waals surface area contributed by atoms with Crippen molar-refractivity contribution in [1.29, 1.82) is 0 Å². The highest BCUT2D eigenvalue weighted by Gasteiger charge is 2.32. The molecular formula is C17H21FN4O2S. The monoisotopic (exact) mass is 364 g/mol. The normalized spacial score (nSPS) is 21.1. The Morgan fingerprint density at radius 1 is 1.24 bits per heavy atom. The molecule has 0 bridgehead atoms. The van der Waals surface area contributed by atoms with E-state index in [4.69, 9.17) is 5.73 Å². The van der Waals surface area contributed by atoms with Gasteiger partial charge in [0.25, 0.3) is 0 Å². The van der Waals surface area contributed by atoms with Gasteiger partial charge >= 0.3 is 0 Å². The van der Waals surface area contributed by atoms with Crippen LogP contribution in [0.25, 0.3) is 0 Å². The number of benzene rings is 1. The lowest BCUT2D eigenvalue weighted by Crippen LogP contribution is -2.29. The maximum Gasteiger partial charge on any atom is 0.244 e. The second-order valence-corrected chi connectivity index (χ2v) is 8.52. The highest BCUT2D eigenvalue weighted by Crippen LogP contribution is 2.30. The zero-order chi connectivity index (χ0) is 18.2. The molecule has 0 saturated carbocycles. The summed E-state index contributed by atoms with van der Waals surface area (Å²) in [4.78, 5) is 6.42. The van der Waals surface area contributed by atoms with Crippen LogP contribution in [-0.2, 0) is 10.0 Å². The molecule has 1 aliphatic heterocycles. The van der Waals surface area contributed by atoms with Crippen LogP contribution in [-0.4, -0.2) is 50.9 Å². The number of nitrogens with zero attached hydrogens (tertiary/aromatic N) is 3. The summed E-state index contributed by atoms with van der Waals surface area (Å²) in [5.74, 6) is 0.384. The summed E-state index contributed by atoms with van der Waals surface area (Å²) in [6.45, 7) is 1.19. The van der Waals surface area contributed by atoms with Crippen LogP contribution in [0.3, 0.4) is 0 Å². The molecule has 1 aliphatic rings. The number of hydrogen-bond acceptors (Lipinski definition) is 5. The molecule has 0 unspecified atom stereocenters. The molecule has 2 atom stereocenters. The molecule has 1 aromatic carbocycles. The smallest absolute Gasteiger partial charge is 0.244 e. The van der Waals surface area contributed by atoms with Gasteiger partial charge in [-0.3, -0.25) is 0 Å². The summed E-state index contributed by atoms with van der Waals surface area (Å²) in [6.07, 6.45) is 1.35. The van der Waals surface area contributed by atoms with Gasteiger partial charge < -0.3 is 10.6 Å². The van der Waals surface area contributed by atoms with Gasteiger partial charge in [0.2, 0.25) is 10.0 Å². The Kier molecular flexibility index (Phi) is 4.77. The number of halogens is 1. The van der Waals surface area contributed by atoms with Crippen LogP contribution in [0.2, 0.25) is 0 Å². The van der Waals surface area contributed by atoms with E-state index in [9.17, 15) is 12.8 Å². The summed E-state index contributed by atoms with van der Waals surface area (Å²) in [6, 6.07) is 9.54. The molecule has 0 amide bonds. The summed E-state index contributed by atoms with van der Waals surface area (Å²) < 4.78 is 38.8. The lowest BCUT2D eigenvalue weighted by atomic mass is 9.95. The van der Waals surface area contributed by atoms with Crippen LogP contribution in [0.15, 0.2) is 47.5 Å². The predicted molar refractivity (Wildman–Crippen MR) is 94.4 cm³/mol. The van der Waals surface area contributed by atoms with Crippen molar-refractivity contribution in [3.05, 3.63) is 54.0 Å². The van der Waals surface area contributed by atoms with Crippen molar-refractivity contribution < 1.29 is 12.8 Å². The SMILES string of the molecule is CN(C)S(=O)(=O)c1ccc(N2C[C@@H](N)[C@H](c3cccc(F)c3)C2)nc1. The molecule has 0 spiro atoms. The number of pyridine rings is 1. The van der Waals surface area contributed by atoms with Crippen molar-refractivity contribution in [2.45, 2.75) is 16.9 Å². The average molecular weight is 364 g/mol. The Labute approximate surface area is 147 Å². The molecule has 0 radical (unpaired) electrons. The molecule has 8 heteroatoms. The fraction of sp³-hybridized carbons (Fsp3) is 0.353. The van der Waals surface area contributed by atoms with Crippen molar-refractivity contribution in [3.63, 3.8) is 0 Å². The van der Waals surface area contributed by atoms with Gasteiger partial charge in [-0.25, -0.2) is 22.1 Å². The molecule has 1 fully saturated rings. The second-order valence-electron chi connectivity index (χ2n) is 6.37. The van der Waals surface area contributed by atoms with Crippen molar-refractivity contribution in [3.8, 4) is 0 Å². The van der Waals surface area contributed by atoms with E-state index in [0.717, 1.165) is 9.87 Å². The first-order chi connectivity index (χ1) is 11.8. The second kappa shape index (κ2) is 6.70. The maximum atomic E-state index is 13.5. The summed E-state index contributed by atoms with van der Waals surface area (Å²) in [5, 5.41) is 0. The molecule has 1 aromatic heterocycles. The minimum Gasteiger partial charge on any atom is -0.354 e. The standard InChI is InChI=1S/C17H21FN4O2S/c1-21(2)25(23,24)14-6-7-17(20-9-14)22-10-15(16(19)11-22)12-4-3-5-13(18)8-12/h3-9,15-16H,10-11,19H2,1-2H3/t15-,16+/m0/s1. The van der Waals surface area contributed by atoms with E-state index < -0.39 is 10.0 Å². The van der Waals surface area contributed by atoms with E-state index in [-0.39, 0.29) is 22.7 Å². The van der Waals surface area contributed by atoms with Crippen LogP contribution in [0.1, 0.15) is 11.5 Å². The Morgan fingerprint density at radius 3 is 2.60 bits per heavy atom. The number of nitrogens with two attached hydrogens (primary N) is 1. The molecular weight excluding hydrogens is 343 g/mol. The zero-order valence-electron chi connectivity index (χ0n) is 14.1. The Balaban J connectivity index is 1.80. The molecule has 6 nitrogen and oxygen atoms in total. The molecule has 0 aliphatic carbocycles. The molecule has 2 N–H and O–H groups in total. The van der Waals surface area contributed by atoms with Gasteiger partial charge in [-0.2, -0.15) is 0 Å². The first-order valence-electron chi connectivity index (χ1n) is 7.93. The van der Waals surface area contributed by atoms with Crippen LogP contribution >= 0.6 is 0 Å². The fourth-order valence-corrected chi connectivity index (χ4v) is 3.88.